The summed E-state index contributed by atoms with van der Waals surface area (Å²) in [5, 5.41) is 0.390. The van der Waals surface area contributed by atoms with Crippen molar-refractivity contribution in [3.05, 3.63) is 58.6 Å². The second-order valence-corrected chi connectivity index (χ2v) is 6.12. The van der Waals surface area contributed by atoms with Crippen molar-refractivity contribution in [2.45, 2.75) is 25.4 Å². The van der Waals surface area contributed by atoms with Crippen molar-refractivity contribution in [3.8, 4) is 5.75 Å². The largest absolute Gasteiger partial charge is 0.496 e. The number of amides is 1. The Morgan fingerprint density at radius 3 is 2.62 bits per heavy atom. The number of para-hydroxylation sites is 1. The molecule has 0 saturated heterocycles. The standard InChI is InChI=1S/C18H19ClN2O2.ClH/c1-23-17-5-3-2-4-12(17)11-21(14-7-8-14)18(22)15-9-6-13(20)10-16(15)19;/h2-6,9-10,14H,7-8,11,20H2,1H3;1H. The first-order valence-electron chi connectivity index (χ1n) is 7.58. The molecule has 1 fully saturated rings. The second kappa shape index (κ2) is 7.77. The van der Waals surface area contributed by atoms with Crippen LogP contribution in [-0.4, -0.2) is 24.0 Å². The molecule has 1 amide bonds. The summed E-state index contributed by atoms with van der Waals surface area (Å²) in [6, 6.07) is 13.0. The van der Waals surface area contributed by atoms with Gasteiger partial charge in [-0.3, -0.25) is 4.79 Å². The summed E-state index contributed by atoms with van der Waals surface area (Å²) in [7, 11) is 1.64. The van der Waals surface area contributed by atoms with E-state index in [1.54, 1.807) is 25.3 Å². The average Bonchev–Trinajstić information content (AvgIpc) is 3.37. The van der Waals surface area contributed by atoms with Crippen LogP contribution in [-0.2, 0) is 6.54 Å². The van der Waals surface area contributed by atoms with E-state index in [9.17, 15) is 4.79 Å². The van der Waals surface area contributed by atoms with Crippen molar-refractivity contribution in [1.29, 1.82) is 0 Å². The zero-order valence-corrected chi connectivity index (χ0v) is 14.9. The van der Waals surface area contributed by atoms with Crippen molar-refractivity contribution < 1.29 is 9.53 Å². The Labute approximate surface area is 153 Å². The summed E-state index contributed by atoms with van der Waals surface area (Å²) in [6.45, 7) is 0.508. The highest BCUT2D eigenvalue weighted by Crippen LogP contribution is 2.33. The molecule has 128 valence electrons. The van der Waals surface area contributed by atoms with Gasteiger partial charge in [0.25, 0.3) is 5.91 Å². The number of halogens is 2. The molecule has 0 aromatic heterocycles. The third kappa shape index (κ3) is 3.94. The zero-order chi connectivity index (χ0) is 16.4. The lowest BCUT2D eigenvalue weighted by molar-refractivity contribution is 0.0729. The van der Waals surface area contributed by atoms with E-state index in [4.69, 9.17) is 22.1 Å². The number of carbonyl (C=O) groups excluding carboxylic acids is 1. The van der Waals surface area contributed by atoms with Crippen LogP contribution in [0.2, 0.25) is 5.02 Å². The van der Waals surface area contributed by atoms with Gasteiger partial charge in [-0.2, -0.15) is 0 Å². The fraction of sp³-hybridized carbons (Fsp3) is 0.278. The minimum Gasteiger partial charge on any atom is -0.496 e. The molecule has 2 aromatic carbocycles. The van der Waals surface area contributed by atoms with E-state index in [1.807, 2.05) is 29.2 Å². The molecule has 1 aliphatic carbocycles. The highest BCUT2D eigenvalue weighted by molar-refractivity contribution is 6.34. The highest BCUT2D eigenvalue weighted by atomic mass is 35.5. The summed E-state index contributed by atoms with van der Waals surface area (Å²) in [5.74, 6) is 0.720. The lowest BCUT2D eigenvalue weighted by atomic mass is 10.1. The van der Waals surface area contributed by atoms with E-state index >= 15 is 0 Å². The van der Waals surface area contributed by atoms with Gasteiger partial charge in [0, 0.05) is 23.8 Å². The summed E-state index contributed by atoms with van der Waals surface area (Å²) < 4.78 is 5.39. The zero-order valence-electron chi connectivity index (χ0n) is 13.4. The lowest BCUT2D eigenvalue weighted by Gasteiger charge is -2.24. The smallest absolute Gasteiger partial charge is 0.255 e. The molecule has 6 heteroatoms. The van der Waals surface area contributed by atoms with E-state index in [1.165, 1.54) is 0 Å². The van der Waals surface area contributed by atoms with E-state index in [0.717, 1.165) is 24.2 Å². The Morgan fingerprint density at radius 2 is 2.00 bits per heavy atom. The van der Waals surface area contributed by atoms with E-state index in [2.05, 4.69) is 0 Å². The maximum atomic E-state index is 12.9. The van der Waals surface area contributed by atoms with Crippen molar-refractivity contribution in [1.82, 2.24) is 4.90 Å². The van der Waals surface area contributed by atoms with Crippen LogP contribution in [0.5, 0.6) is 5.75 Å². The molecule has 0 radical (unpaired) electrons. The number of anilines is 1. The number of hydrogen-bond acceptors (Lipinski definition) is 3. The number of benzene rings is 2. The predicted molar refractivity (Wildman–Crippen MR) is 99.0 cm³/mol. The first-order chi connectivity index (χ1) is 11.1. The minimum atomic E-state index is -0.0663. The quantitative estimate of drug-likeness (QED) is 0.808. The minimum absolute atomic E-state index is 0. The van der Waals surface area contributed by atoms with Crippen molar-refractivity contribution in [2.75, 3.05) is 12.8 Å². The van der Waals surface area contributed by atoms with E-state index < -0.39 is 0 Å². The van der Waals surface area contributed by atoms with Crippen molar-refractivity contribution in [2.24, 2.45) is 0 Å². The fourth-order valence-electron chi connectivity index (χ4n) is 2.63. The fourth-order valence-corrected chi connectivity index (χ4v) is 2.90. The van der Waals surface area contributed by atoms with Crippen LogP contribution in [0.1, 0.15) is 28.8 Å². The number of methoxy groups -OCH3 is 1. The lowest BCUT2D eigenvalue weighted by Crippen LogP contribution is -2.33. The number of ether oxygens (including phenoxy) is 1. The molecule has 0 atom stereocenters. The second-order valence-electron chi connectivity index (χ2n) is 5.72. The van der Waals surface area contributed by atoms with Gasteiger partial charge >= 0.3 is 0 Å². The Balaban J connectivity index is 0.00000208. The molecule has 4 nitrogen and oxygen atoms in total. The molecule has 1 saturated carbocycles. The van der Waals surface area contributed by atoms with Crippen LogP contribution >= 0.6 is 24.0 Å². The van der Waals surface area contributed by atoms with Gasteiger partial charge in [-0.15, -0.1) is 12.4 Å². The molecule has 0 bridgehead atoms. The number of nitrogens with zero attached hydrogens (tertiary/aromatic N) is 1. The van der Waals surface area contributed by atoms with Gasteiger partial charge in [0.05, 0.1) is 17.7 Å². The number of nitrogens with two attached hydrogens (primary N) is 1. The van der Waals surface area contributed by atoms with Crippen LogP contribution in [0.4, 0.5) is 5.69 Å². The molecular weight excluding hydrogens is 347 g/mol. The van der Waals surface area contributed by atoms with Gasteiger partial charge in [-0.1, -0.05) is 29.8 Å². The SMILES string of the molecule is COc1ccccc1CN(C(=O)c1ccc(N)cc1Cl)C1CC1.Cl. The molecule has 0 spiro atoms. The third-order valence-corrected chi connectivity index (χ3v) is 4.32. The molecule has 2 N–H and O–H groups in total. The average molecular weight is 367 g/mol. The Hall–Kier alpha value is -1.91. The van der Waals surface area contributed by atoms with Crippen molar-refractivity contribution in [3.63, 3.8) is 0 Å². The number of hydrogen-bond donors (Lipinski definition) is 1. The molecule has 0 aliphatic heterocycles. The maximum absolute atomic E-state index is 12.9. The van der Waals surface area contributed by atoms with Gasteiger partial charge in [0.2, 0.25) is 0 Å². The number of rotatable bonds is 5. The molecular formula is C18H20Cl2N2O2. The Bertz CT molecular complexity index is 733. The predicted octanol–water partition coefficient (Wildman–Crippen LogP) is 4.16. The molecule has 0 heterocycles. The molecule has 3 rings (SSSR count). The normalized spacial score (nSPS) is 13.1. The Morgan fingerprint density at radius 1 is 1.29 bits per heavy atom. The van der Waals surface area contributed by atoms with Gasteiger partial charge in [0.15, 0.2) is 0 Å². The van der Waals surface area contributed by atoms with Crippen LogP contribution < -0.4 is 10.5 Å². The van der Waals surface area contributed by atoms with E-state index in [0.29, 0.717) is 22.8 Å². The topological polar surface area (TPSA) is 55.6 Å². The Kier molecular flexibility index (Phi) is 5.97. The number of carbonyl (C=O) groups is 1. The van der Waals surface area contributed by atoms with Crippen LogP contribution in [0, 0.1) is 0 Å². The van der Waals surface area contributed by atoms with E-state index in [-0.39, 0.29) is 24.4 Å². The number of nitrogen functional groups attached to an aromatic ring is 1. The van der Waals surface area contributed by atoms with Gasteiger partial charge in [-0.25, -0.2) is 0 Å². The molecule has 0 unspecified atom stereocenters. The summed E-state index contributed by atoms with van der Waals surface area (Å²) >= 11 is 6.20. The molecule has 24 heavy (non-hydrogen) atoms. The first kappa shape index (κ1) is 18.4. The van der Waals surface area contributed by atoms with Gasteiger partial charge in [0.1, 0.15) is 5.75 Å². The highest BCUT2D eigenvalue weighted by Gasteiger charge is 2.34. The summed E-state index contributed by atoms with van der Waals surface area (Å²) in [4.78, 5) is 14.8. The van der Waals surface area contributed by atoms with Crippen LogP contribution in [0.3, 0.4) is 0 Å². The summed E-state index contributed by atoms with van der Waals surface area (Å²) in [5.41, 5.74) is 7.74. The third-order valence-electron chi connectivity index (χ3n) is 4.01. The van der Waals surface area contributed by atoms with Crippen molar-refractivity contribution >= 4 is 35.6 Å². The van der Waals surface area contributed by atoms with Crippen LogP contribution in [0.25, 0.3) is 0 Å². The van der Waals surface area contributed by atoms with Crippen LogP contribution in [0.15, 0.2) is 42.5 Å². The molecule has 1 aliphatic rings. The first-order valence-corrected chi connectivity index (χ1v) is 7.96. The summed E-state index contributed by atoms with van der Waals surface area (Å²) in [6.07, 6.45) is 2.04. The molecule has 2 aromatic rings. The van der Waals surface area contributed by atoms with Gasteiger partial charge in [-0.05, 0) is 37.1 Å². The monoisotopic (exact) mass is 366 g/mol. The van der Waals surface area contributed by atoms with Gasteiger partial charge < -0.3 is 15.4 Å². The maximum Gasteiger partial charge on any atom is 0.255 e.